The fraction of sp³-hybridized carbons (Fsp3) is 0.111. The van der Waals surface area contributed by atoms with Gasteiger partial charge in [-0.1, -0.05) is 21.9 Å². The van der Waals surface area contributed by atoms with Crippen LogP contribution in [0.25, 0.3) is 0 Å². The summed E-state index contributed by atoms with van der Waals surface area (Å²) in [7, 11) is 0. The lowest BCUT2D eigenvalue weighted by Crippen LogP contribution is -2.09. The van der Waals surface area contributed by atoms with Gasteiger partial charge in [0.05, 0.1) is 6.04 Å². The SMILES string of the molecule is C#CC(N)c1cc(Br)ccc1F. The van der Waals surface area contributed by atoms with Gasteiger partial charge in [-0.2, -0.15) is 0 Å². The molecule has 0 spiro atoms. The summed E-state index contributed by atoms with van der Waals surface area (Å²) in [5, 5.41) is 0. The monoisotopic (exact) mass is 227 g/mol. The van der Waals surface area contributed by atoms with Crippen molar-refractivity contribution in [2.24, 2.45) is 5.73 Å². The first kappa shape index (κ1) is 9.24. The summed E-state index contributed by atoms with van der Waals surface area (Å²) in [5.41, 5.74) is 5.81. The van der Waals surface area contributed by atoms with Crippen LogP contribution in [0.4, 0.5) is 4.39 Å². The lowest BCUT2D eigenvalue weighted by Gasteiger charge is -2.05. The Morgan fingerprint density at radius 3 is 2.83 bits per heavy atom. The Hall–Kier alpha value is -0.850. The van der Waals surface area contributed by atoms with E-state index >= 15 is 0 Å². The molecule has 1 atom stereocenters. The molecule has 0 heterocycles. The van der Waals surface area contributed by atoms with Crippen molar-refractivity contribution in [2.45, 2.75) is 6.04 Å². The zero-order chi connectivity index (χ0) is 9.14. The molecule has 2 N–H and O–H groups in total. The van der Waals surface area contributed by atoms with Crippen molar-refractivity contribution in [1.29, 1.82) is 0 Å². The van der Waals surface area contributed by atoms with Crippen molar-refractivity contribution in [1.82, 2.24) is 0 Å². The van der Waals surface area contributed by atoms with Crippen LogP contribution in [-0.4, -0.2) is 0 Å². The molecule has 0 fully saturated rings. The Morgan fingerprint density at radius 1 is 1.58 bits per heavy atom. The number of hydrogen-bond donors (Lipinski definition) is 1. The van der Waals surface area contributed by atoms with Crippen LogP contribution in [0.15, 0.2) is 22.7 Å². The minimum Gasteiger partial charge on any atom is -0.314 e. The molecule has 1 unspecified atom stereocenters. The van der Waals surface area contributed by atoms with Gasteiger partial charge in [0, 0.05) is 10.0 Å². The maximum absolute atomic E-state index is 13.0. The Bertz CT molecular complexity index is 330. The molecule has 1 rings (SSSR count). The predicted octanol–water partition coefficient (Wildman–Crippen LogP) is 2.22. The average Bonchev–Trinajstić information content (AvgIpc) is 2.08. The Morgan fingerprint density at radius 2 is 2.25 bits per heavy atom. The third kappa shape index (κ3) is 1.84. The van der Waals surface area contributed by atoms with E-state index in [-0.39, 0.29) is 5.82 Å². The van der Waals surface area contributed by atoms with Crippen LogP contribution in [0.3, 0.4) is 0 Å². The van der Waals surface area contributed by atoms with E-state index in [0.29, 0.717) is 5.56 Å². The van der Waals surface area contributed by atoms with Crippen LogP contribution >= 0.6 is 15.9 Å². The molecule has 0 aliphatic rings. The van der Waals surface area contributed by atoms with Crippen LogP contribution in [0.2, 0.25) is 0 Å². The zero-order valence-electron chi connectivity index (χ0n) is 6.22. The van der Waals surface area contributed by atoms with Crippen LogP contribution in [0, 0.1) is 18.2 Å². The number of hydrogen-bond acceptors (Lipinski definition) is 1. The van der Waals surface area contributed by atoms with Crippen molar-refractivity contribution in [2.75, 3.05) is 0 Å². The number of nitrogens with two attached hydrogens (primary N) is 1. The highest BCUT2D eigenvalue weighted by atomic mass is 79.9. The second-order valence-electron chi connectivity index (χ2n) is 2.31. The van der Waals surface area contributed by atoms with Crippen LogP contribution in [0.1, 0.15) is 11.6 Å². The number of terminal acetylenes is 1. The van der Waals surface area contributed by atoms with E-state index in [1.54, 1.807) is 12.1 Å². The summed E-state index contributed by atoms with van der Waals surface area (Å²) >= 11 is 3.20. The molecule has 1 nitrogen and oxygen atoms in total. The summed E-state index contributed by atoms with van der Waals surface area (Å²) in [6, 6.07) is 3.83. The molecule has 1 aromatic carbocycles. The molecule has 0 aliphatic carbocycles. The molecule has 0 saturated heterocycles. The van der Waals surface area contributed by atoms with Gasteiger partial charge in [-0.15, -0.1) is 6.42 Å². The first-order valence-corrected chi connectivity index (χ1v) is 4.11. The molecule has 1 aromatic rings. The molecule has 12 heavy (non-hydrogen) atoms. The Kier molecular flexibility index (Phi) is 2.85. The molecule has 62 valence electrons. The summed E-state index contributed by atoms with van der Waals surface area (Å²) in [6.45, 7) is 0. The van der Waals surface area contributed by atoms with Gasteiger partial charge in [0.25, 0.3) is 0 Å². The standard InChI is InChI=1S/C9H7BrFN/c1-2-9(12)7-5-6(10)3-4-8(7)11/h1,3-5,9H,12H2. The van der Waals surface area contributed by atoms with E-state index in [1.165, 1.54) is 6.07 Å². The van der Waals surface area contributed by atoms with E-state index in [4.69, 9.17) is 12.2 Å². The summed E-state index contributed by atoms with van der Waals surface area (Å²) < 4.78 is 13.8. The number of rotatable bonds is 1. The van der Waals surface area contributed by atoms with Gasteiger partial charge in [0.1, 0.15) is 5.82 Å². The highest BCUT2D eigenvalue weighted by Crippen LogP contribution is 2.19. The van der Waals surface area contributed by atoms with Crippen LogP contribution in [-0.2, 0) is 0 Å². The summed E-state index contributed by atoms with van der Waals surface area (Å²) in [5.74, 6) is 1.89. The Labute approximate surface area is 78.9 Å². The quantitative estimate of drug-likeness (QED) is 0.732. The van der Waals surface area contributed by atoms with Gasteiger partial charge in [-0.05, 0) is 18.2 Å². The maximum atomic E-state index is 13.0. The summed E-state index contributed by atoms with van der Waals surface area (Å²) in [6.07, 6.45) is 5.07. The van der Waals surface area contributed by atoms with Crippen molar-refractivity contribution in [3.63, 3.8) is 0 Å². The van der Waals surface area contributed by atoms with Gasteiger partial charge in [0.15, 0.2) is 0 Å². The third-order valence-corrected chi connectivity index (χ3v) is 1.97. The van der Waals surface area contributed by atoms with Crippen LogP contribution < -0.4 is 5.73 Å². The van der Waals surface area contributed by atoms with Gasteiger partial charge in [-0.25, -0.2) is 4.39 Å². The second-order valence-corrected chi connectivity index (χ2v) is 3.23. The van der Waals surface area contributed by atoms with E-state index in [1.807, 2.05) is 0 Å². The van der Waals surface area contributed by atoms with E-state index in [2.05, 4.69) is 21.9 Å². The average molecular weight is 228 g/mol. The van der Waals surface area contributed by atoms with Crippen molar-refractivity contribution in [3.05, 3.63) is 34.1 Å². The minimum atomic E-state index is -0.678. The highest BCUT2D eigenvalue weighted by Gasteiger charge is 2.08. The first-order chi connectivity index (χ1) is 5.65. The predicted molar refractivity (Wildman–Crippen MR) is 49.9 cm³/mol. The number of benzene rings is 1. The molecule has 0 bridgehead atoms. The van der Waals surface area contributed by atoms with Crippen molar-refractivity contribution >= 4 is 15.9 Å². The van der Waals surface area contributed by atoms with Gasteiger partial charge >= 0.3 is 0 Å². The minimum absolute atomic E-state index is 0.340. The van der Waals surface area contributed by atoms with E-state index < -0.39 is 6.04 Å². The topological polar surface area (TPSA) is 26.0 Å². The third-order valence-electron chi connectivity index (χ3n) is 1.47. The largest absolute Gasteiger partial charge is 0.314 e. The molecule has 0 radical (unpaired) electrons. The molecule has 0 amide bonds. The fourth-order valence-electron chi connectivity index (χ4n) is 0.843. The molecule has 3 heteroatoms. The lowest BCUT2D eigenvalue weighted by atomic mass is 10.1. The first-order valence-electron chi connectivity index (χ1n) is 3.32. The fourth-order valence-corrected chi connectivity index (χ4v) is 1.22. The molecule has 0 aromatic heterocycles. The zero-order valence-corrected chi connectivity index (χ0v) is 7.81. The second kappa shape index (κ2) is 3.70. The number of halogens is 2. The smallest absolute Gasteiger partial charge is 0.129 e. The molecular weight excluding hydrogens is 221 g/mol. The Balaban J connectivity index is 3.15. The highest BCUT2D eigenvalue weighted by molar-refractivity contribution is 9.10. The molecule has 0 aliphatic heterocycles. The van der Waals surface area contributed by atoms with Crippen molar-refractivity contribution in [3.8, 4) is 12.3 Å². The molecule has 0 saturated carbocycles. The van der Waals surface area contributed by atoms with Gasteiger partial charge in [0.2, 0.25) is 0 Å². The molecular formula is C9H7BrFN. The normalized spacial score (nSPS) is 12.2. The maximum Gasteiger partial charge on any atom is 0.129 e. The summed E-state index contributed by atoms with van der Waals surface area (Å²) in [4.78, 5) is 0. The van der Waals surface area contributed by atoms with E-state index in [9.17, 15) is 4.39 Å². The van der Waals surface area contributed by atoms with Crippen LogP contribution in [0.5, 0.6) is 0 Å². The van der Waals surface area contributed by atoms with Crippen molar-refractivity contribution < 1.29 is 4.39 Å². The lowest BCUT2D eigenvalue weighted by molar-refractivity contribution is 0.604. The van der Waals surface area contributed by atoms with E-state index in [0.717, 1.165) is 4.47 Å². The van der Waals surface area contributed by atoms with Gasteiger partial charge in [-0.3, -0.25) is 0 Å². The van der Waals surface area contributed by atoms with Gasteiger partial charge < -0.3 is 5.73 Å².